The van der Waals surface area contributed by atoms with Crippen molar-refractivity contribution in [2.45, 2.75) is 37.3 Å². The Morgan fingerprint density at radius 1 is 1.22 bits per heavy atom. The van der Waals surface area contributed by atoms with Crippen molar-refractivity contribution in [2.24, 2.45) is 5.73 Å². The van der Waals surface area contributed by atoms with Crippen LogP contribution in [0.2, 0.25) is 5.02 Å². The molecule has 4 rings (SSSR count). The van der Waals surface area contributed by atoms with Crippen molar-refractivity contribution in [3.05, 3.63) is 70.4 Å². The average Bonchev–Trinajstić information content (AvgIpc) is 3.23. The number of amides is 1. The van der Waals surface area contributed by atoms with E-state index in [1.165, 1.54) is 32.2 Å². The van der Waals surface area contributed by atoms with Crippen molar-refractivity contribution >= 4 is 17.5 Å². The number of nitrogens with one attached hydrogen (secondary N) is 1. The lowest BCUT2D eigenvalue weighted by Gasteiger charge is -2.31. The number of nitrogens with zero attached hydrogens (tertiary/aromatic N) is 1. The van der Waals surface area contributed by atoms with Crippen molar-refractivity contribution in [2.75, 3.05) is 26.9 Å². The topological polar surface area (TPSA) is 136 Å². The summed E-state index contributed by atoms with van der Waals surface area (Å²) in [5.74, 6) is -0.376. The number of nitrogens with two attached hydrogens (primary N) is 1. The second-order valence-corrected chi connectivity index (χ2v) is 10.4. The summed E-state index contributed by atoms with van der Waals surface area (Å²) < 4.78 is 59.9. The third kappa shape index (κ3) is 6.20. The van der Waals surface area contributed by atoms with Gasteiger partial charge in [-0.05, 0) is 50.2 Å². The molecule has 3 atom stereocenters. The molecule has 1 aliphatic rings. The highest BCUT2D eigenvalue weighted by molar-refractivity contribution is 6.30. The number of hydrogen-bond donors (Lipinski definition) is 4. The zero-order chi connectivity index (χ0) is 30.2. The number of benzene rings is 2. The van der Waals surface area contributed by atoms with Crippen molar-refractivity contribution < 1.29 is 42.4 Å². The smallest absolute Gasteiger partial charge is 0.424 e. The first-order valence-corrected chi connectivity index (χ1v) is 12.8. The van der Waals surface area contributed by atoms with E-state index in [0.717, 1.165) is 6.07 Å². The van der Waals surface area contributed by atoms with Gasteiger partial charge in [0.15, 0.2) is 17.2 Å². The number of carbonyl (C=O) groups is 1. The number of alkyl halides is 3. The minimum absolute atomic E-state index is 0.0198. The zero-order valence-electron chi connectivity index (χ0n) is 22.4. The predicted octanol–water partition coefficient (Wildman–Crippen LogP) is 3.92. The molecule has 5 N–H and O–H groups in total. The summed E-state index contributed by atoms with van der Waals surface area (Å²) in [6.45, 7) is 1.79. The molecule has 13 heteroatoms. The van der Waals surface area contributed by atoms with Crippen molar-refractivity contribution in [3.63, 3.8) is 0 Å². The fourth-order valence-corrected chi connectivity index (χ4v) is 4.33. The Labute approximate surface area is 239 Å². The number of fused-ring (bicyclic) bond motifs is 1. The Balaban J connectivity index is 1.70. The molecule has 0 fully saturated rings. The van der Waals surface area contributed by atoms with Gasteiger partial charge in [0.05, 0.1) is 31.0 Å². The van der Waals surface area contributed by atoms with Gasteiger partial charge in [-0.2, -0.15) is 13.2 Å². The van der Waals surface area contributed by atoms with Gasteiger partial charge in [-0.25, -0.2) is 4.98 Å². The maximum absolute atomic E-state index is 14.5. The lowest BCUT2D eigenvalue weighted by Crippen LogP contribution is -2.51. The molecule has 41 heavy (non-hydrogen) atoms. The van der Waals surface area contributed by atoms with E-state index < -0.39 is 41.6 Å². The Morgan fingerprint density at radius 3 is 2.51 bits per heavy atom. The van der Waals surface area contributed by atoms with Gasteiger partial charge >= 0.3 is 6.18 Å². The van der Waals surface area contributed by atoms with Crippen LogP contribution in [-0.4, -0.2) is 60.3 Å². The summed E-state index contributed by atoms with van der Waals surface area (Å²) in [5.41, 5.74) is 1.38. The first-order chi connectivity index (χ1) is 19.2. The number of aliphatic hydroxyl groups excluding tert-OH is 1. The summed E-state index contributed by atoms with van der Waals surface area (Å²) in [6, 6.07) is 11.2. The predicted molar refractivity (Wildman–Crippen MR) is 144 cm³/mol. The Hall–Kier alpha value is -3.58. The van der Waals surface area contributed by atoms with Crippen LogP contribution in [0.5, 0.6) is 17.2 Å². The van der Waals surface area contributed by atoms with Gasteiger partial charge in [-0.3, -0.25) is 4.79 Å². The first kappa shape index (κ1) is 30.4. The highest BCUT2D eigenvalue weighted by Crippen LogP contribution is 2.46. The van der Waals surface area contributed by atoms with Crippen molar-refractivity contribution in [1.82, 2.24) is 10.3 Å². The molecular weight excluding hydrogens is 567 g/mol. The van der Waals surface area contributed by atoms with Crippen LogP contribution in [0.4, 0.5) is 13.2 Å². The van der Waals surface area contributed by atoms with Crippen LogP contribution in [-0.2, 0) is 11.1 Å². The maximum Gasteiger partial charge on any atom is 0.424 e. The Morgan fingerprint density at radius 2 is 1.90 bits per heavy atom. The number of ether oxygens (including phenoxy) is 3. The van der Waals surface area contributed by atoms with Crippen molar-refractivity contribution in [3.8, 4) is 28.5 Å². The van der Waals surface area contributed by atoms with Crippen LogP contribution in [0.25, 0.3) is 11.3 Å². The lowest BCUT2D eigenvalue weighted by atomic mass is 9.89. The first-order valence-electron chi connectivity index (χ1n) is 12.5. The molecule has 0 saturated carbocycles. The van der Waals surface area contributed by atoms with Gasteiger partial charge in [0.25, 0.3) is 5.91 Å². The van der Waals surface area contributed by atoms with Crippen LogP contribution in [0, 0.1) is 0 Å². The van der Waals surface area contributed by atoms with Gasteiger partial charge in [0, 0.05) is 21.7 Å². The third-order valence-corrected chi connectivity index (χ3v) is 6.78. The van der Waals surface area contributed by atoms with Crippen LogP contribution in [0.1, 0.15) is 35.5 Å². The van der Waals surface area contributed by atoms with E-state index in [9.17, 15) is 28.2 Å². The monoisotopic (exact) mass is 595 g/mol. The number of methoxy groups -OCH3 is 1. The second kappa shape index (κ2) is 11.4. The number of carbonyl (C=O) groups excluding carboxylic acids is 1. The Kier molecular flexibility index (Phi) is 8.42. The highest BCUT2D eigenvalue weighted by Gasteiger charge is 2.57. The molecular formula is C28H29ClF3N3O6. The van der Waals surface area contributed by atoms with Gasteiger partial charge < -0.3 is 35.5 Å². The molecule has 0 aliphatic carbocycles. The maximum atomic E-state index is 14.5. The second-order valence-electron chi connectivity index (χ2n) is 10.0. The van der Waals surface area contributed by atoms with E-state index in [4.69, 9.17) is 31.5 Å². The minimum atomic E-state index is -5.25. The molecule has 2 heterocycles. The average molecular weight is 596 g/mol. The fourth-order valence-electron chi connectivity index (χ4n) is 4.20. The molecule has 0 bridgehead atoms. The van der Waals surface area contributed by atoms with Gasteiger partial charge in [-0.1, -0.05) is 23.7 Å². The summed E-state index contributed by atoms with van der Waals surface area (Å²) in [7, 11) is 1.32. The summed E-state index contributed by atoms with van der Waals surface area (Å²) in [4.78, 5) is 17.1. The van der Waals surface area contributed by atoms with Gasteiger partial charge in [-0.15, -0.1) is 0 Å². The van der Waals surface area contributed by atoms with E-state index in [0.29, 0.717) is 10.6 Å². The molecule has 0 radical (unpaired) electrons. The molecule has 1 amide bonds. The van der Waals surface area contributed by atoms with E-state index >= 15 is 0 Å². The molecule has 2 unspecified atom stereocenters. The van der Waals surface area contributed by atoms with Crippen LogP contribution in [0.3, 0.4) is 0 Å². The number of hydrogen-bond acceptors (Lipinski definition) is 8. The number of halogens is 4. The minimum Gasteiger partial charge on any atom is -0.493 e. The van der Waals surface area contributed by atoms with Gasteiger partial charge in [0.1, 0.15) is 18.9 Å². The summed E-state index contributed by atoms with van der Waals surface area (Å²) in [6.07, 6.45) is -6.01. The normalized spacial score (nSPS) is 18.6. The largest absolute Gasteiger partial charge is 0.493 e. The van der Waals surface area contributed by atoms with E-state index in [1.807, 2.05) is 0 Å². The molecule has 0 saturated heterocycles. The van der Waals surface area contributed by atoms with Crippen molar-refractivity contribution in [1.29, 1.82) is 0 Å². The summed E-state index contributed by atoms with van der Waals surface area (Å²) in [5, 5.41) is 23.1. The molecule has 220 valence electrons. The molecule has 9 nitrogen and oxygen atoms in total. The molecule has 3 aromatic rings. The number of aliphatic hydroxyl groups is 2. The van der Waals surface area contributed by atoms with E-state index in [-0.39, 0.29) is 47.3 Å². The highest BCUT2D eigenvalue weighted by atomic mass is 35.5. The van der Waals surface area contributed by atoms with E-state index in [1.54, 1.807) is 31.2 Å². The molecule has 1 aromatic heterocycles. The zero-order valence-corrected chi connectivity index (χ0v) is 23.1. The number of aromatic nitrogens is 1. The Bertz CT molecular complexity index is 1430. The number of pyridine rings is 1. The third-order valence-electron chi connectivity index (χ3n) is 6.53. The molecule has 1 aliphatic heterocycles. The van der Waals surface area contributed by atoms with Crippen LogP contribution in [0.15, 0.2) is 48.5 Å². The fraction of sp³-hybridized carbons (Fsp3) is 0.357. The molecule has 2 aromatic carbocycles. The van der Waals surface area contributed by atoms with Crippen LogP contribution >= 0.6 is 11.6 Å². The quantitative estimate of drug-likeness (QED) is 0.292. The number of rotatable bonds is 9. The van der Waals surface area contributed by atoms with E-state index in [2.05, 4.69) is 10.3 Å². The molecule has 0 spiro atoms. The van der Waals surface area contributed by atoms with Gasteiger partial charge in [0.2, 0.25) is 5.60 Å². The standard InChI is InChI=1S/C28H29ClF3N3O6/c1-15(36)12-40-20-9-6-17(10-21(20)39-3)25(37)34-13-27(38,28(30,31)32)22-11-19-24(41-14-26(19,2)33)23(35-22)16-4-7-18(29)8-5-16/h4-11,15,36,38H,12-14,33H2,1-3H3,(H,34,37)/t15-,26?,27?/m1/s1. The summed E-state index contributed by atoms with van der Waals surface area (Å²) >= 11 is 5.98. The SMILES string of the molecule is COc1cc(C(=O)NCC(O)(c2cc3c(c(-c4ccc(Cl)cc4)n2)OCC3(C)N)C(F)(F)F)ccc1OC[C@@H](C)O. The van der Waals surface area contributed by atoms with Crippen LogP contribution < -0.4 is 25.3 Å². The lowest BCUT2D eigenvalue weighted by molar-refractivity contribution is -0.265.